The number of nitrogens with zero attached hydrogens (tertiary/aromatic N) is 1. The average Bonchev–Trinajstić information content (AvgIpc) is 3.23. The van der Waals surface area contributed by atoms with Gasteiger partial charge in [-0.25, -0.2) is 13.6 Å². The molecular formula is C27H29F5N4O3S2. The Morgan fingerprint density at radius 1 is 1.17 bits per heavy atom. The molecule has 2 heterocycles. The summed E-state index contributed by atoms with van der Waals surface area (Å²) in [6, 6.07) is 8.60. The van der Waals surface area contributed by atoms with Gasteiger partial charge in [0.15, 0.2) is 5.75 Å². The quantitative estimate of drug-likeness (QED) is 0.214. The average molecular weight is 617 g/mol. The van der Waals surface area contributed by atoms with Gasteiger partial charge in [-0.3, -0.25) is 0 Å². The van der Waals surface area contributed by atoms with Gasteiger partial charge in [0.25, 0.3) is 0 Å². The molecule has 222 valence electrons. The van der Waals surface area contributed by atoms with Crippen molar-refractivity contribution < 1.29 is 35.1 Å². The minimum atomic E-state index is -4.45. The monoisotopic (exact) mass is 616 g/mol. The molecule has 0 atom stereocenters. The Labute approximate surface area is 238 Å². The smallest absolute Gasteiger partial charge is 0.393 e. The number of fused-ring (bicyclic) bond motifs is 1. The molecule has 3 aromatic rings. The summed E-state index contributed by atoms with van der Waals surface area (Å²) in [5.74, 6) is 5.08. The van der Waals surface area contributed by atoms with Gasteiger partial charge in [0.05, 0.1) is 38.8 Å². The van der Waals surface area contributed by atoms with Crippen LogP contribution in [0.15, 0.2) is 41.3 Å². The molecule has 0 saturated carbocycles. The third-order valence-electron chi connectivity index (χ3n) is 6.66. The van der Waals surface area contributed by atoms with Crippen LogP contribution in [0.25, 0.3) is 10.1 Å². The Morgan fingerprint density at radius 2 is 1.90 bits per heavy atom. The van der Waals surface area contributed by atoms with Crippen LogP contribution in [0, 0.1) is 11.8 Å². The zero-order valence-corrected chi connectivity index (χ0v) is 23.7. The SMILES string of the molecule is CCN1CCC(Nc2cccc3c(CC(F)(F)F)c(C#CCNc4ccc(S(N)(=O)=O)cc4OC(F)F)sc23)CC1. The Bertz CT molecular complexity index is 1540. The highest BCUT2D eigenvalue weighted by atomic mass is 32.2. The minimum Gasteiger partial charge on any atom is -0.433 e. The topological polar surface area (TPSA) is 96.7 Å². The number of benzene rings is 2. The predicted octanol–water partition coefficient (Wildman–Crippen LogP) is 5.61. The molecule has 0 bridgehead atoms. The van der Waals surface area contributed by atoms with Crippen LogP contribution in [0.4, 0.5) is 33.3 Å². The Morgan fingerprint density at radius 3 is 2.54 bits per heavy atom. The first kappa shape index (κ1) is 30.8. The number of likely N-dealkylation sites (tertiary alicyclic amines) is 1. The lowest BCUT2D eigenvalue weighted by molar-refractivity contribution is -0.126. The second-order valence-electron chi connectivity index (χ2n) is 9.47. The molecule has 0 spiro atoms. The van der Waals surface area contributed by atoms with E-state index in [-0.39, 0.29) is 28.7 Å². The highest BCUT2D eigenvalue weighted by molar-refractivity contribution is 7.89. The first-order chi connectivity index (χ1) is 19.3. The number of rotatable bonds is 9. The summed E-state index contributed by atoms with van der Waals surface area (Å²) in [4.78, 5) is 2.18. The molecule has 0 radical (unpaired) electrons. The van der Waals surface area contributed by atoms with Crippen LogP contribution in [-0.2, 0) is 16.4 Å². The summed E-state index contributed by atoms with van der Waals surface area (Å²) >= 11 is 1.17. The molecule has 1 fully saturated rings. The second kappa shape index (κ2) is 12.8. The maximum Gasteiger partial charge on any atom is 0.393 e. The maximum absolute atomic E-state index is 13.5. The fraction of sp³-hybridized carbons (Fsp3) is 0.407. The summed E-state index contributed by atoms with van der Waals surface area (Å²) < 4.78 is 94.6. The van der Waals surface area contributed by atoms with Gasteiger partial charge in [-0.2, -0.15) is 22.0 Å². The summed E-state index contributed by atoms with van der Waals surface area (Å²) in [6.45, 7) is 1.61. The number of anilines is 2. The first-order valence-electron chi connectivity index (χ1n) is 12.8. The molecule has 2 aromatic carbocycles. The number of ether oxygens (including phenoxy) is 1. The highest BCUT2D eigenvalue weighted by Gasteiger charge is 2.31. The molecule has 1 saturated heterocycles. The Kier molecular flexibility index (Phi) is 9.63. The molecule has 4 rings (SSSR count). The number of halogens is 5. The lowest BCUT2D eigenvalue weighted by Crippen LogP contribution is -2.38. The highest BCUT2D eigenvalue weighted by Crippen LogP contribution is 2.39. The summed E-state index contributed by atoms with van der Waals surface area (Å²) in [7, 11) is -4.17. The number of thiophene rings is 1. The lowest BCUT2D eigenvalue weighted by atomic mass is 10.0. The van der Waals surface area contributed by atoms with Crippen LogP contribution >= 0.6 is 11.3 Å². The Balaban J connectivity index is 1.59. The first-order valence-corrected chi connectivity index (χ1v) is 15.1. The number of hydrogen-bond donors (Lipinski definition) is 3. The van der Waals surface area contributed by atoms with E-state index in [1.54, 1.807) is 12.1 Å². The van der Waals surface area contributed by atoms with Gasteiger partial charge in [-0.1, -0.05) is 30.9 Å². The number of sulfonamides is 1. The van der Waals surface area contributed by atoms with E-state index in [2.05, 4.69) is 39.0 Å². The molecule has 4 N–H and O–H groups in total. The van der Waals surface area contributed by atoms with Crippen molar-refractivity contribution in [2.45, 2.75) is 49.9 Å². The molecule has 1 aromatic heterocycles. The van der Waals surface area contributed by atoms with E-state index >= 15 is 0 Å². The number of nitrogens with two attached hydrogens (primary N) is 1. The molecule has 0 aliphatic carbocycles. The third-order valence-corrected chi connectivity index (χ3v) is 8.76. The third kappa shape index (κ3) is 8.22. The van der Waals surface area contributed by atoms with Crippen molar-refractivity contribution in [1.29, 1.82) is 0 Å². The molecule has 7 nitrogen and oxygen atoms in total. The van der Waals surface area contributed by atoms with E-state index in [1.807, 2.05) is 6.07 Å². The number of nitrogens with one attached hydrogen (secondary N) is 2. The van der Waals surface area contributed by atoms with E-state index in [4.69, 9.17) is 5.14 Å². The summed E-state index contributed by atoms with van der Waals surface area (Å²) in [5.41, 5.74) is 0.855. The van der Waals surface area contributed by atoms with Crippen LogP contribution in [0.2, 0.25) is 0 Å². The van der Waals surface area contributed by atoms with E-state index < -0.39 is 39.9 Å². The lowest BCUT2D eigenvalue weighted by Gasteiger charge is -2.32. The number of alkyl halides is 5. The van der Waals surface area contributed by atoms with Gasteiger partial charge >= 0.3 is 12.8 Å². The number of piperidine rings is 1. The van der Waals surface area contributed by atoms with Crippen LogP contribution < -0.4 is 20.5 Å². The largest absolute Gasteiger partial charge is 0.433 e. The molecular weight excluding hydrogens is 587 g/mol. The van der Waals surface area contributed by atoms with Crippen molar-refractivity contribution in [1.82, 2.24) is 4.90 Å². The zero-order valence-electron chi connectivity index (χ0n) is 22.0. The fourth-order valence-corrected chi connectivity index (χ4v) is 6.36. The van der Waals surface area contributed by atoms with Gasteiger partial charge in [0.1, 0.15) is 0 Å². The minimum absolute atomic E-state index is 0.0134. The number of primary sulfonamides is 1. The molecule has 1 aliphatic rings. The van der Waals surface area contributed by atoms with Crippen molar-refractivity contribution in [2.24, 2.45) is 5.14 Å². The van der Waals surface area contributed by atoms with Crippen LogP contribution in [0.5, 0.6) is 5.75 Å². The predicted molar refractivity (Wildman–Crippen MR) is 150 cm³/mol. The van der Waals surface area contributed by atoms with Crippen molar-refractivity contribution in [2.75, 3.05) is 36.8 Å². The molecule has 14 heteroatoms. The molecule has 41 heavy (non-hydrogen) atoms. The normalized spacial score (nSPS) is 15.1. The molecule has 1 aliphatic heterocycles. The van der Waals surface area contributed by atoms with Gasteiger partial charge in [0.2, 0.25) is 10.0 Å². The Hall–Kier alpha value is -3.12. The fourth-order valence-electron chi connectivity index (χ4n) is 4.66. The molecule has 0 unspecified atom stereocenters. The van der Waals surface area contributed by atoms with Crippen LogP contribution in [-0.4, -0.2) is 58.3 Å². The van der Waals surface area contributed by atoms with Crippen LogP contribution in [0.3, 0.4) is 0 Å². The molecule has 0 amide bonds. The number of hydrogen-bond acceptors (Lipinski definition) is 7. The van der Waals surface area contributed by atoms with Crippen molar-refractivity contribution in [3.63, 3.8) is 0 Å². The van der Waals surface area contributed by atoms with Crippen molar-refractivity contribution in [3.05, 3.63) is 46.8 Å². The van der Waals surface area contributed by atoms with Gasteiger partial charge in [0, 0.05) is 25.2 Å². The second-order valence-corrected chi connectivity index (χ2v) is 12.1. The maximum atomic E-state index is 13.5. The van der Waals surface area contributed by atoms with E-state index in [0.29, 0.717) is 10.1 Å². The zero-order chi connectivity index (χ0) is 29.8. The van der Waals surface area contributed by atoms with Crippen molar-refractivity contribution >= 4 is 42.8 Å². The van der Waals surface area contributed by atoms with Crippen molar-refractivity contribution in [3.8, 4) is 17.6 Å². The van der Waals surface area contributed by atoms with E-state index in [0.717, 1.165) is 50.3 Å². The van der Waals surface area contributed by atoms with Gasteiger partial charge in [-0.05, 0) is 48.5 Å². The van der Waals surface area contributed by atoms with E-state index in [9.17, 15) is 30.4 Å². The van der Waals surface area contributed by atoms with Gasteiger partial charge in [-0.15, -0.1) is 11.3 Å². The van der Waals surface area contributed by atoms with Gasteiger partial charge < -0.3 is 20.3 Å². The summed E-state index contributed by atoms with van der Waals surface area (Å²) in [5, 5.41) is 11.8. The standard InChI is InChI=1S/C27H29F5N4O3S2/c1-2-36-13-10-17(11-14-36)35-22-6-3-5-19-20(16-27(30,31)32)24(40-25(19)22)7-4-12-34-21-9-8-18(41(33,37)38)15-23(21)39-26(28)29/h3,5-6,8-9,15,17,26,34-35H,2,10-14,16H2,1H3,(H2,33,37,38). The van der Waals surface area contributed by atoms with Crippen LogP contribution in [0.1, 0.15) is 30.2 Å². The summed E-state index contributed by atoms with van der Waals surface area (Å²) in [6.07, 6.45) is -3.74. The van der Waals surface area contributed by atoms with E-state index in [1.165, 1.54) is 17.4 Å².